The molecule has 1 rings (SSSR count). The Bertz CT molecular complexity index is 532. The highest BCUT2D eigenvalue weighted by atomic mass is 16.6. The largest absolute Gasteiger partial charge is 0.364 e. The molecule has 8 heteroatoms. The molecule has 0 aliphatic carbocycles. The molecule has 3 N–H and O–H groups in total. The van der Waals surface area contributed by atoms with Gasteiger partial charge in [0.2, 0.25) is 5.71 Å². The summed E-state index contributed by atoms with van der Waals surface area (Å²) in [6, 6.07) is 6.93. The van der Waals surface area contributed by atoms with E-state index in [4.69, 9.17) is 11.0 Å². The zero-order valence-corrected chi connectivity index (χ0v) is 8.45. The van der Waals surface area contributed by atoms with Gasteiger partial charge in [0, 0.05) is 12.1 Å². The Kier molecular flexibility index (Phi) is 3.72. The van der Waals surface area contributed by atoms with Crippen LogP contribution in [0.1, 0.15) is 0 Å². The van der Waals surface area contributed by atoms with E-state index in [-0.39, 0.29) is 11.4 Å². The van der Waals surface area contributed by atoms with E-state index in [1.807, 2.05) is 0 Å². The molecule has 86 valence electrons. The van der Waals surface area contributed by atoms with Crippen molar-refractivity contribution in [1.29, 1.82) is 5.26 Å². The molecule has 0 aliphatic heterocycles. The average molecular weight is 233 g/mol. The minimum absolute atomic E-state index is 0.136. The first kappa shape index (κ1) is 12.1. The second-order valence-electron chi connectivity index (χ2n) is 2.86. The Morgan fingerprint density at radius 3 is 2.82 bits per heavy atom. The lowest BCUT2D eigenvalue weighted by Gasteiger charge is -1.99. The van der Waals surface area contributed by atoms with Gasteiger partial charge in [-0.05, 0) is 6.07 Å². The van der Waals surface area contributed by atoms with Crippen LogP contribution in [0.15, 0.2) is 29.4 Å². The Morgan fingerprint density at radius 2 is 2.29 bits per heavy atom. The van der Waals surface area contributed by atoms with E-state index in [0.717, 1.165) is 0 Å². The molecule has 1 amide bonds. The number of non-ortho nitro benzene ring substituents is 1. The highest BCUT2D eigenvalue weighted by molar-refractivity contribution is 6.44. The maximum atomic E-state index is 10.6. The van der Waals surface area contributed by atoms with Gasteiger partial charge in [-0.1, -0.05) is 6.07 Å². The summed E-state index contributed by atoms with van der Waals surface area (Å²) in [5.41, 5.74) is 6.80. The molecule has 1 aromatic rings. The molecular formula is C9H7N5O3. The SMILES string of the molecule is N#C/C(=N\Nc1cccc([N+](=O)[O-])c1)C(N)=O. The number of hydrogen-bond donors (Lipinski definition) is 2. The Hall–Kier alpha value is -2.95. The van der Waals surface area contributed by atoms with E-state index in [1.54, 1.807) is 0 Å². The average Bonchev–Trinajstić information content (AvgIpc) is 2.29. The molecule has 0 bridgehead atoms. The lowest BCUT2D eigenvalue weighted by molar-refractivity contribution is -0.384. The number of anilines is 1. The summed E-state index contributed by atoms with van der Waals surface area (Å²) < 4.78 is 0. The van der Waals surface area contributed by atoms with E-state index in [2.05, 4.69) is 10.5 Å². The first-order valence-electron chi connectivity index (χ1n) is 4.32. The van der Waals surface area contributed by atoms with Crippen LogP contribution in [0.2, 0.25) is 0 Å². The number of nitro groups is 1. The van der Waals surface area contributed by atoms with Gasteiger partial charge in [-0.15, -0.1) is 0 Å². The number of benzene rings is 1. The zero-order valence-electron chi connectivity index (χ0n) is 8.45. The van der Waals surface area contributed by atoms with Crippen LogP contribution in [0.5, 0.6) is 0 Å². The predicted molar refractivity (Wildman–Crippen MR) is 59.0 cm³/mol. The number of rotatable bonds is 4. The van der Waals surface area contributed by atoms with Crippen LogP contribution in [-0.2, 0) is 4.79 Å². The third-order valence-electron chi connectivity index (χ3n) is 1.69. The molecule has 8 nitrogen and oxygen atoms in total. The van der Waals surface area contributed by atoms with Crippen LogP contribution in [0, 0.1) is 21.4 Å². The molecule has 1 aromatic carbocycles. The first-order chi connectivity index (χ1) is 8.04. The van der Waals surface area contributed by atoms with Gasteiger partial charge in [0.05, 0.1) is 10.6 Å². The van der Waals surface area contributed by atoms with Crippen molar-refractivity contribution >= 4 is 23.0 Å². The van der Waals surface area contributed by atoms with Crippen LogP contribution >= 0.6 is 0 Å². The van der Waals surface area contributed by atoms with E-state index < -0.39 is 16.5 Å². The minimum atomic E-state index is -0.981. The maximum Gasteiger partial charge on any atom is 0.280 e. The Labute approximate surface area is 95.5 Å². The monoisotopic (exact) mass is 233 g/mol. The molecule has 0 aromatic heterocycles. The van der Waals surface area contributed by atoms with Crippen molar-refractivity contribution in [3.63, 3.8) is 0 Å². The van der Waals surface area contributed by atoms with Crippen molar-refractivity contribution in [3.8, 4) is 6.07 Å². The fourth-order valence-corrected chi connectivity index (χ4v) is 0.945. The molecule has 0 unspecified atom stereocenters. The van der Waals surface area contributed by atoms with Crippen molar-refractivity contribution in [1.82, 2.24) is 0 Å². The van der Waals surface area contributed by atoms with Crippen molar-refractivity contribution < 1.29 is 9.72 Å². The minimum Gasteiger partial charge on any atom is -0.364 e. The molecule has 0 saturated heterocycles. The van der Waals surface area contributed by atoms with Crippen LogP contribution in [0.25, 0.3) is 0 Å². The van der Waals surface area contributed by atoms with Crippen molar-refractivity contribution in [2.45, 2.75) is 0 Å². The van der Waals surface area contributed by atoms with Gasteiger partial charge < -0.3 is 5.73 Å². The Balaban J connectivity index is 2.90. The molecule has 0 fully saturated rings. The van der Waals surface area contributed by atoms with Gasteiger partial charge in [0.1, 0.15) is 6.07 Å². The highest BCUT2D eigenvalue weighted by Crippen LogP contribution is 2.16. The quantitative estimate of drug-likeness (QED) is 0.440. The fourth-order valence-electron chi connectivity index (χ4n) is 0.945. The topological polar surface area (TPSA) is 134 Å². The van der Waals surface area contributed by atoms with E-state index >= 15 is 0 Å². The van der Waals surface area contributed by atoms with Crippen LogP contribution < -0.4 is 11.2 Å². The van der Waals surface area contributed by atoms with Crippen LogP contribution in [0.4, 0.5) is 11.4 Å². The van der Waals surface area contributed by atoms with Gasteiger partial charge in [0.25, 0.3) is 11.6 Å². The summed E-state index contributed by atoms with van der Waals surface area (Å²) >= 11 is 0. The lowest BCUT2D eigenvalue weighted by Crippen LogP contribution is -2.22. The molecule has 0 saturated carbocycles. The number of hydrazone groups is 1. The maximum absolute atomic E-state index is 10.6. The number of nitrogens with zero attached hydrogens (tertiary/aromatic N) is 3. The molecule has 0 heterocycles. The predicted octanol–water partition coefficient (Wildman–Crippen LogP) is 0.372. The zero-order chi connectivity index (χ0) is 12.8. The summed E-state index contributed by atoms with van der Waals surface area (Å²) in [6.07, 6.45) is 0. The van der Waals surface area contributed by atoms with Gasteiger partial charge in [-0.3, -0.25) is 20.3 Å². The summed E-state index contributed by atoms with van der Waals surface area (Å²) in [4.78, 5) is 20.5. The second-order valence-corrected chi connectivity index (χ2v) is 2.86. The smallest absolute Gasteiger partial charge is 0.280 e. The lowest BCUT2D eigenvalue weighted by atomic mass is 10.3. The van der Waals surface area contributed by atoms with Gasteiger partial charge in [-0.25, -0.2) is 0 Å². The molecule has 0 aliphatic rings. The number of nitro benzene ring substituents is 1. The number of nitrogens with two attached hydrogens (primary N) is 1. The van der Waals surface area contributed by atoms with E-state index in [0.29, 0.717) is 0 Å². The van der Waals surface area contributed by atoms with Gasteiger partial charge in [0.15, 0.2) is 0 Å². The van der Waals surface area contributed by atoms with Gasteiger partial charge in [-0.2, -0.15) is 10.4 Å². The van der Waals surface area contributed by atoms with Crippen LogP contribution in [-0.4, -0.2) is 16.5 Å². The Morgan fingerprint density at radius 1 is 1.59 bits per heavy atom. The summed E-state index contributed by atoms with van der Waals surface area (Å²) in [6.45, 7) is 0. The first-order valence-corrected chi connectivity index (χ1v) is 4.32. The highest BCUT2D eigenvalue weighted by Gasteiger charge is 2.07. The standard InChI is InChI=1S/C9H7N5O3/c10-5-8(9(11)15)13-12-6-2-1-3-7(4-6)14(16)17/h1-4,12H,(H2,11,15)/b13-8+. The summed E-state index contributed by atoms with van der Waals surface area (Å²) in [5.74, 6) is -0.981. The number of amides is 1. The summed E-state index contributed by atoms with van der Waals surface area (Å²) in [5, 5.41) is 22.4. The van der Waals surface area contributed by atoms with Crippen molar-refractivity contribution in [2.24, 2.45) is 10.8 Å². The number of carbonyl (C=O) groups excluding carboxylic acids is 1. The molecule has 0 radical (unpaired) electrons. The normalized spacial score (nSPS) is 10.4. The van der Waals surface area contributed by atoms with Crippen LogP contribution in [0.3, 0.4) is 0 Å². The van der Waals surface area contributed by atoms with E-state index in [9.17, 15) is 14.9 Å². The molecule has 0 atom stereocenters. The second kappa shape index (κ2) is 5.22. The third kappa shape index (κ3) is 3.28. The van der Waals surface area contributed by atoms with E-state index in [1.165, 1.54) is 30.3 Å². The fraction of sp³-hybridized carbons (Fsp3) is 0. The molecular weight excluding hydrogens is 226 g/mol. The number of nitriles is 1. The third-order valence-corrected chi connectivity index (χ3v) is 1.69. The van der Waals surface area contributed by atoms with Crippen molar-refractivity contribution in [3.05, 3.63) is 34.4 Å². The summed E-state index contributed by atoms with van der Waals surface area (Å²) in [7, 11) is 0. The van der Waals surface area contributed by atoms with Crippen molar-refractivity contribution in [2.75, 3.05) is 5.43 Å². The number of carbonyl (C=O) groups is 1. The number of nitrogens with one attached hydrogen (secondary N) is 1. The number of hydrogen-bond acceptors (Lipinski definition) is 6. The van der Waals surface area contributed by atoms with Gasteiger partial charge >= 0.3 is 0 Å². The molecule has 17 heavy (non-hydrogen) atoms. The molecule has 0 spiro atoms. The number of primary amides is 1.